The van der Waals surface area contributed by atoms with Crippen molar-refractivity contribution in [3.05, 3.63) is 35.4 Å². The van der Waals surface area contributed by atoms with E-state index in [-0.39, 0.29) is 31.6 Å². The Bertz CT molecular complexity index is 1060. The Morgan fingerprint density at radius 2 is 0.636 bits per heavy atom. The zero-order valence-corrected chi connectivity index (χ0v) is 32.3. The molecule has 1 heterocycles. The number of imide groups is 1. The van der Waals surface area contributed by atoms with Crippen LogP contribution in [0, 0.1) is 0 Å². The molecule has 0 radical (unpaired) electrons. The molecule has 0 saturated carbocycles. The summed E-state index contributed by atoms with van der Waals surface area (Å²) in [6, 6.07) is 6.81. The van der Waals surface area contributed by atoms with Gasteiger partial charge in [-0.3, -0.25) is 14.5 Å². The molecule has 18 nitrogen and oxygen atoms in total. The van der Waals surface area contributed by atoms with Crippen LogP contribution >= 0.6 is 0 Å². The van der Waals surface area contributed by atoms with Crippen LogP contribution in [0.1, 0.15) is 20.7 Å². The van der Waals surface area contributed by atoms with Crippen LogP contribution in [0.15, 0.2) is 24.3 Å². The van der Waals surface area contributed by atoms with Gasteiger partial charge in [0.2, 0.25) is 0 Å². The van der Waals surface area contributed by atoms with Gasteiger partial charge < -0.3 is 66.3 Å². The van der Waals surface area contributed by atoms with E-state index in [1.807, 2.05) is 0 Å². The molecule has 0 aliphatic carbocycles. The smallest absolute Gasteiger partial charge is 0.331 e. The summed E-state index contributed by atoms with van der Waals surface area (Å²) in [6.45, 7) is 11.1. The number of hydrogen-bond donors (Lipinski definition) is 0. The molecule has 1 aliphatic heterocycles. The molecule has 18 heteroatoms. The fraction of sp³-hybridized carbons (Fsp3) is 0.757. The summed E-state index contributed by atoms with van der Waals surface area (Å²) in [5, 5.41) is 0. The van der Waals surface area contributed by atoms with Crippen LogP contribution in [0.4, 0.5) is 0 Å². The summed E-state index contributed by atoms with van der Waals surface area (Å²) in [4.78, 5) is 36.7. The maximum Gasteiger partial charge on any atom is 0.331 e. The fourth-order valence-corrected chi connectivity index (χ4v) is 4.45. The van der Waals surface area contributed by atoms with Gasteiger partial charge in [0.15, 0.2) is 0 Å². The van der Waals surface area contributed by atoms with Crippen molar-refractivity contribution < 1.29 is 80.7 Å². The minimum atomic E-state index is -0.414. The maximum atomic E-state index is 12.3. The Kier molecular flexibility index (Phi) is 31.5. The molecule has 0 unspecified atom stereocenters. The molecule has 0 atom stereocenters. The predicted octanol–water partition coefficient (Wildman–Crippen LogP) is 0.671. The molecule has 0 bridgehead atoms. The Balaban J connectivity index is 1.15. The number of carbonyl (C=O) groups excluding carboxylic acids is 3. The predicted molar refractivity (Wildman–Crippen MR) is 194 cm³/mol. The quantitative estimate of drug-likeness (QED) is 0.0512. The van der Waals surface area contributed by atoms with E-state index < -0.39 is 5.97 Å². The van der Waals surface area contributed by atoms with Crippen molar-refractivity contribution >= 4 is 17.8 Å². The second-order valence-corrected chi connectivity index (χ2v) is 11.3. The standard InChI is InChI=1S/C37H61NO17/c1-42-35(39)32-55-31-30-54-29-28-53-27-26-52-25-24-51-23-22-50-21-20-49-19-18-48-17-16-47-15-14-46-13-12-45-11-10-44-9-8-43-7-6-38-36(40)33-4-2-3-5-34(33)37(38)41/h2-5H,6-32H2,1H3. The van der Waals surface area contributed by atoms with Gasteiger partial charge in [0, 0.05) is 0 Å². The van der Waals surface area contributed by atoms with Crippen LogP contribution in [-0.4, -0.2) is 208 Å². The summed E-state index contributed by atoms with van der Waals surface area (Å²) in [6.07, 6.45) is 0. The second-order valence-electron chi connectivity index (χ2n) is 11.3. The zero-order chi connectivity index (χ0) is 39.3. The fourth-order valence-electron chi connectivity index (χ4n) is 4.45. The van der Waals surface area contributed by atoms with Gasteiger partial charge in [-0.05, 0) is 12.1 Å². The molecular weight excluding hydrogens is 730 g/mol. The van der Waals surface area contributed by atoms with E-state index in [1.54, 1.807) is 24.3 Å². The number of carbonyl (C=O) groups is 3. The largest absolute Gasteiger partial charge is 0.467 e. The van der Waals surface area contributed by atoms with Crippen LogP contribution < -0.4 is 0 Å². The second kappa shape index (κ2) is 35.7. The SMILES string of the molecule is COC(=O)COCCOCCOCCOCCOCCOCCOCCOCCOCCOCCOCCOCCOCCN1C(=O)c2ccccc2C1=O. The van der Waals surface area contributed by atoms with E-state index in [1.165, 1.54) is 12.0 Å². The van der Waals surface area contributed by atoms with E-state index in [2.05, 4.69) is 4.74 Å². The lowest BCUT2D eigenvalue weighted by Crippen LogP contribution is -2.33. The Hall–Kier alpha value is -2.69. The van der Waals surface area contributed by atoms with Crippen LogP contribution in [0.2, 0.25) is 0 Å². The molecule has 0 spiro atoms. The molecule has 2 rings (SSSR count). The van der Waals surface area contributed by atoms with Gasteiger partial charge in [-0.25, -0.2) is 4.79 Å². The van der Waals surface area contributed by atoms with E-state index >= 15 is 0 Å². The highest BCUT2D eigenvalue weighted by atomic mass is 16.6. The van der Waals surface area contributed by atoms with Crippen molar-refractivity contribution in [1.82, 2.24) is 4.90 Å². The summed E-state index contributed by atoms with van der Waals surface area (Å²) < 4.78 is 75.0. The minimum Gasteiger partial charge on any atom is -0.467 e. The number of methoxy groups -OCH3 is 1. The van der Waals surface area contributed by atoms with Crippen molar-refractivity contribution in [2.75, 3.05) is 185 Å². The molecule has 1 aromatic carbocycles. The van der Waals surface area contributed by atoms with Gasteiger partial charge in [-0.15, -0.1) is 0 Å². The first-order valence-electron chi connectivity index (χ1n) is 18.7. The van der Waals surface area contributed by atoms with Crippen molar-refractivity contribution in [3.8, 4) is 0 Å². The third-order valence-electron chi connectivity index (χ3n) is 7.25. The summed E-state index contributed by atoms with van der Waals surface area (Å²) in [5.41, 5.74) is 0.874. The lowest BCUT2D eigenvalue weighted by atomic mass is 10.1. The summed E-state index contributed by atoms with van der Waals surface area (Å²) in [7, 11) is 1.31. The Morgan fingerprint density at radius 3 is 0.891 bits per heavy atom. The molecule has 0 fully saturated rings. The normalized spacial score (nSPS) is 12.6. The summed E-state index contributed by atoms with van der Waals surface area (Å²) in [5.74, 6) is -0.979. The van der Waals surface area contributed by atoms with Crippen LogP contribution in [0.25, 0.3) is 0 Å². The zero-order valence-electron chi connectivity index (χ0n) is 32.3. The molecular formula is C37H61NO17. The number of rotatable bonds is 41. The van der Waals surface area contributed by atoms with E-state index in [4.69, 9.17) is 61.6 Å². The molecule has 1 aliphatic rings. The van der Waals surface area contributed by atoms with E-state index in [0.717, 1.165) is 0 Å². The third-order valence-corrected chi connectivity index (χ3v) is 7.25. The van der Waals surface area contributed by atoms with Gasteiger partial charge in [0.25, 0.3) is 11.8 Å². The third kappa shape index (κ3) is 26.0. The lowest BCUT2D eigenvalue weighted by molar-refractivity contribution is -0.146. The molecule has 0 saturated heterocycles. The molecule has 55 heavy (non-hydrogen) atoms. The first-order valence-corrected chi connectivity index (χ1v) is 18.7. The molecule has 0 N–H and O–H groups in total. The molecule has 1 aromatic rings. The van der Waals surface area contributed by atoms with Gasteiger partial charge in [0.1, 0.15) is 6.61 Å². The van der Waals surface area contributed by atoms with Gasteiger partial charge in [0.05, 0.1) is 190 Å². The monoisotopic (exact) mass is 791 g/mol. The number of amides is 2. The number of ether oxygens (including phenoxy) is 14. The van der Waals surface area contributed by atoms with E-state index in [9.17, 15) is 14.4 Å². The first-order chi connectivity index (χ1) is 27.1. The number of benzene rings is 1. The summed E-state index contributed by atoms with van der Waals surface area (Å²) >= 11 is 0. The van der Waals surface area contributed by atoms with Crippen LogP contribution in [0.3, 0.4) is 0 Å². The van der Waals surface area contributed by atoms with Crippen molar-refractivity contribution in [1.29, 1.82) is 0 Å². The average molecular weight is 792 g/mol. The number of esters is 1. The lowest BCUT2D eigenvalue weighted by Gasteiger charge is -2.13. The van der Waals surface area contributed by atoms with Crippen LogP contribution in [-0.2, 0) is 71.1 Å². The molecule has 0 aromatic heterocycles. The van der Waals surface area contributed by atoms with Crippen LogP contribution in [0.5, 0.6) is 0 Å². The van der Waals surface area contributed by atoms with Gasteiger partial charge in [-0.1, -0.05) is 12.1 Å². The Morgan fingerprint density at radius 1 is 0.400 bits per heavy atom. The average Bonchev–Trinajstić information content (AvgIpc) is 3.44. The number of hydrogen-bond acceptors (Lipinski definition) is 17. The number of nitrogens with zero attached hydrogens (tertiary/aromatic N) is 1. The van der Waals surface area contributed by atoms with Gasteiger partial charge >= 0.3 is 5.97 Å². The topological polar surface area (TPSA) is 184 Å². The van der Waals surface area contributed by atoms with Crippen molar-refractivity contribution in [3.63, 3.8) is 0 Å². The minimum absolute atomic E-state index is 0.0779. The van der Waals surface area contributed by atoms with Crippen molar-refractivity contribution in [2.24, 2.45) is 0 Å². The van der Waals surface area contributed by atoms with Gasteiger partial charge in [-0.2, -0.15) is 0 Å². The maximum absolute atomic E-state index is 12.3. The molecule has 316 valence electrons. The van der Waals surface area contributed by atoms with Crippen molar-refractivity contribution in [2.45, 2.75) is 0 Å². The highest BCUT2D eigenvalue weighted by Crippen LogP contribution is 2.21. The highest BCUT2D eigenvalue weighted by Gasteiger charge is 2.34. The highest BCUT2D eigenvalue weighted by molar-refractivity contribution is 6.21. The molecule has 2 amide bonds. The van der Waals surface area contributed by atoms with E-state index in [0.29, 0.717) is 170 Å². The number of fused-ring (bicyclic) bond motifs is 1. The first kappa shape index (κ1) is 48.5. The Labute approximate surface area is 324 Å².